The molecule has 0 bridgehead atoms. The molecule has 0 N–H and O–H groups in total. The highest BCUT2D eigenvalue weighted by molar-refractivity contribution is 5.74. The summed E-state index contributed by atoms with van der Waals surface area (Å²) < 4.78 is 5.84. The molecule has 3 aromatic rings. The molecule has 22 heavy (non-hydrogen) atoms. The summed E-state index contributed by atoms with van der Waals surface area (Å²) in [5.74, 6) is 0. The van der Waals surface area contributed by atoms with E-state index in [4.69, 9.17) is 4.42 Å². The average Bonchev–Trinajstić information content (AvgIpc) is 3.00. The molecule has 0 saturated carbocycles. The van der Waals surface area contributed by atoms with Gasteiger partial charge in [-0.15, -0.1) is 0 Å². The van der Waals surface area contributed by atoms with Crippen LogP contribution in [0.2, 0.25) is 0 Å². The van der Waals surface area contributed by atoms with E-state index in [2.05, 4.69) is 24.8 Å². The summed E-state index contributed by atoms with van der Waals surface area (Å²) in [6, 6.07) is 8.61. The lowest BCUT2D eigenvalue weighted by Crippen LogP contribution is -2.46. The first-order chi connectivity index (χ1) is 10.9. The fourth-order valence-corrected chi connectivity index (χ4v) is 2.76. The number of piperazine rings is 1. The molecular weight excluding hydrogens is 278 g/mol. The molecule has 0 spiro atoms. The van der Waals surface area contributed by atoms with Gasteiger partial charge in [0.25, 0.3) is 6.01 Å². The van der Waals surface area contributed by atoms with Crippen molar-refractivity contribution >= 4 is 17.1 Å². The quantitative estimate of drug-likeness (QED) is 0.736. The molecule has 0 amide bonds. The SMILES string of the molecule is c1ccc2oc(N3CCN(Cc4cncnc4)CC3)nc2c1. The molecule has 1 fully saturated rings. The molecule has 6 heteroatoms. The van der Waals surface area contributed by atoms with Crippen molar-refractivity contribution in [2.24, 2.45) is 0 Å². The van der Waals surface area contributed by atoms with E-state index in [0.717, 1.165) is 55.4 Å². The first-order valence-corrected chi connectivity index (χ1v) is 7.45. The van der Waals surface area contributed by atoms with Crippen molar-refractivity contribution in [1.29, 1.82) is 0 Å². The third-order valence-corrected chi connectivity index (χ3v) is 3.95. The topological polar surface area (TPSA) is 58.3 Å². The predicted molar refractivity (Wildman–Crippen MR) is 83.5 cm³/mol. The summed E-state index contributed by atoms with van der Waals surface area (Å²) in [6.07, 6.45) is 5.31. The molecular formula is C16H17N5O. The minimum atomic E-state index is 0.726. The number of nitrogens with zero attached hydrogens (tertiary/aromatic N) is 5. The third kappa shape index (κ3) is 2.65. The molecule has 0 atom stereocenters. The fraction of sp³-hybridized carbons (Fsp3) is 0.312. The van der Waals surface area contributed by atoms with E-state index in [-0.39, 0.29) is 0 Å². The molecule has 112 valence electrons. The van der Waals surface area contributed by atoms with Crippen LogP contribution in [0.5, 0.6) is 0 Å². The van der Waals surface area contributed by atoms with Crippen molar-refractivity contribution in [3.8, 4) is 0 Å². The number of hydrogen-bond acceptors (Lipinski definition) is 6. The Kier molecular flexibility index (Phi) is 3.44. The maximum Gasteiger partial charge on any atom is 0.298 e. The molecule has 3 heterocycles. The van der Waals surface area contributed by atoms with Crippen molar-refractivity contribution in [3.63, 3.8) is 0 Å². The van der Waals surface area contributed by atoms with Gasteiger partial charge in [0.05, 0.1) is 0 Å². The van der Waals surface area contributed by atoms with Crippen molar-refractivity contribution in [2.75, 3.05) is 31.1 Å². The second kappa shape index (κ2) is 5.73. The summed E-state index contributed by atoms with van der Waals surface area (Å²) >= 11 is 0. The lowest BCUT2D eigenvalue weighted by molar-refractivity contribution is 0.245. The van der Waals surface area contributed by atoms with Crippen LogP contribution in [0.1, 0.15) is 5.56 Å². The number of para-hydroxylation sites is 2. The van der Waals surface area contributed by atoms with E-state index in [1.54, 1.807) is 6.33 Å². The maximum atomic E-state index is 5.84. The largest absolute Gasteiger partial charge is 0.423 e. The van der Waals surface area contributed by atoms with Crippen LogP contribution in [0.15, 0.2) is 47.4 Å². The van der Waals surface area contributed by atoms with Crippen molar-refractivity contribution in [2.45, 2.75) is 6.54 Å². The lowest BCUT2D eigenvalue weighted by Gasteiger charge is -2.33. The van der Waals surface area contributed by atoms with Gasteiger partial charge in [0.15, 0.2) is 5.58 Å². The molecule has 6 nitrogen and oxygen atoms in total. The van der Waals surface area contributed by atoms with E-state index in [0.29, 0.717) is 0 Å². The fourth-order valence-electron chi connectivity index (χ4n) is 2.76. The van der Waals surface area contributed by atoms with E-state index in [1.165, 1.54) is 0 Å². The van der Waals surface area contributed by atoms with Gasteiger partial charge in [0.1, 0.15) is 11.8 Å². The number of rotatable bonds is 3. The van der Waals surface area contributed by atoms with E-state index in [1.807, 2.05) is 36.7 Å². The predicted octanol–water partition coefficient (Wildman–Crippen LogP) is 1.94. The Morgan fingerprint density at radius 3 is 2.55 bits per heavy atom. The molecule has 0 aliphatic carbocycles. The minimum Gasteiger partial charge on any atom is -0.423 e. The Hall–Kier alpha value is -2.47. The van der Waals surface area contributed by atoms with Gasteiger partial charge in [0.2, 0.25) is 0 Å². The molecule has 1 aliphatic rings. The van der Waals surface area contributed by atoms with Crippen LogP contribution in [-0.4, -0.2) is 46.0 Å². The second-order valence-electron chi connectivity index (χ2n) is 5.47. The summed E-state index contributed by atoms with van der Waals surface area (Å²) in [5, 5.41) is 0. The minimum absolute atomic E-state index is 0.726. The Labute approximate surface area is 128 Å². The third-order valence-electron chi connectivity index (χ3n) is 3.95. The number of hydrogen-bond donors (Lipinski definition) is 0. The van der Waals surface area contributed by atoms with Gasteiger partial charge in [-0.3, -0.25) is 4.90 Å². The molecule has 0 radical (unpaired) electrons. The molecule has 1 aromatic carbocycles. The van der Waals surface area contributed by atoms with Crippen molar-refractivity contribution in [3.05, 3.63) is 48.5 Å². The van der Waals surface area contributed by atoms with E-state index < -0.39 is 0 Å². The van der Waals surface area contributed by atoms with E-state index in [9.17, 15) is 0 Å². The molecule has 4 rings (SSSR count). The van der Waals surface area contributed by atoms with Crippen LogP contribution >= 0.6 is 0 Å². The smallest absolute Gasteiger partial charge is 0.298 e. The Balaban J connectivity index is 1.41. The van der Waals surface area contributed by atoms with Crippen LogP contribution < -0.4 is 4.90 Å². The normalized spacial score (nSPS) is 16.3. The molecule has 0 unspecified atom stereocenters. The van der Waals surface area contributed by atoms with Crippen molar-refractivity contribution < 1.29 is 4.42 Å². The second-order valence-corrected chi connectivity index (χ2v) is 5.47. The average molecular weight is 295 g/mol. The van der Waals surface area contributed by atoms with Gasteiger partial charge in [-0.2, -0.15) is 4.98 Å². The Morgan fingerprint density at radius 1 is 1.00 bits per heavy atom. The monoisotopic (exact) mass is 295 g/mol. The summed E-state index contributed by atoms with van der Waals surface area (Å²) in [6.45, 7) is 4.69. The zero-order valence-corrected chi connectivity index (χ0v) is 12.2. The Morgan fingerprint density at radius 2 is 1.77 bits per heavy atom. The first kappa shape index (κ1) is 13.2. The maximum absolute atomic E-state index is 5.84. The van der Waals surface area contributed by atoms with Crippen LogP contribution in [0, 0.1) is 0 Å². The molecule has 2 aromatic heterocycles. The van der Waals surface area contributed by atoms with Crippen LogP contribution in [0.4, 0.5) is 6.01 Å². The highest BCUT2D eigenvalue weighted by atomic mass is 16.4. The number of oxazole rings is 1. The summed E-state index contributed by atoms with van der Waals surface area (Å²) in [5.41, 5.74) is 2.92. The van der Waals surface area contributed by atoms with Crippen LogP contribution in [0.3, 0.4) is 0 Å². The highest BCUT2D eigenvalue weighted by Crippen LogP contribution is 2.22. The first-order valence-electron chi connectivity index (χ1n) is 7.45. The van der Waals surface area contributed by atoms with Gasteiger partial charge in [-0.25, -0.2) is 9.97 Å². The van der Waals surface area contributed by atoms with Gasteiger partial charge in [-0.1, -0.05) is 12.1 Å². The number of fused-ring (bicyclic) bond motifs is 1. The van der Waals surface area contributed by atoms with Gasteiger partial charge in [0, 0.05) is 50.7 Å². The molecule has 1 saturated heterocycles. The van der Waals surface area contributed by atoms with Crippen LogP contribution in [-0.2, 0) is 6.54 Å². The number of benzene rings is 1. The number of anilines is 1. The number of aromatic nitrogens is 3. The van der Waals surface area contributed by atoms with Gasteiger partial charge >= 0.3 is 0 Å². The van der Waals surface area contributed by atoms with E-state index >= 15 is 0 Å². The Bertz CT molecular complexity index is 716. The van der Waals surface area contributed by atoms with Crippen LogP contribution in [0.25, 0.3) is 11.1 Å². The summed E-state index contributed by atoms with van der Waals surface area (Å²) in [7, 11) is 0. The zero-order chi connectivity index (χ0) is 14.8. The standard InChI is InChI=1S/C16H17N5O/c1-2-4-15-14(3-1)19-16(22-15)21-7-5-20(6-8-21)11-13-9-17-12-18-10-13/h1-4,9-10,12H,5-8,11H2. The lowest BCUT2D eigenvalue weighted by atomic mass is 10.2. The summed E-state index contributed by atoms with van der Waals surface area (Å²) in [4.78, 5) is 17.3. The molecule has 1 aliphatic heterocycles. The van der Waals surface area contributed by atoms with Crippen molar-refractivity contribution in [1.82, 2.24) is 19.9 Å². The highest BCUT2D eigenvalue weighted by Gasteiger charge is 2.21. The van der Waals surface area contributed by atoms with Gasteiger partial charge in [-0.05, 0) is 12.1 Å². The van der Waals surface area contributed by atoms with Gasteiger partial charge < -0.3 is 9.32 Å². The zero-order valence-electron chi connectivity index (χ0n) is 12.2.